The summed E-state index contributed by atoms with van der Waals surface area (Å²) < 4.78 is 27.6. The predicted octanol–water partition coefficient (Wildman–Crippen LogP) is 2.72. The molecular formula is C14H12F2N2O. The van der Waals surface area contributed by atoms with Crippen LogP contribution in [0.3, 0.4) is 0 Å². The summed E-state index contributed by atoms with van der Waals surface area (Å²) in [5.41, 5.74) is 5.39. The van der Waals surface area contributed by atoms with Crippen LogP contribution in [0.15, 0.2) is 48.5 Å². The number of benzene rings is 2. The zero-order chi connectivity index (χ0) is 13.8. The Kier molecular flexibility index (Phi) is 3.75. The molecule has 1 unspecified atom stereocenters. The van der Waals surface area contributed by atoms with Gasteiger partial charge in [0.1, 0.15) is 11.6 Å². The second-order valence-electron chi connectivity index (χ2n) is 3.99. The molecule has 2 aromatic rings. The Morgan fingerprint density at radius 1 is 1.00 bits per heavy atom. The minimum atomic E-state index is -0.958. The summed E-state index contributed by atoms with van der Waals surface area (Å²) in [6, 6.07) is 10.2. The van der Waals surface area contributed by atoms with Crippen molar-refractivity contribution in [3.63, 3.8) is 0 Å². The molecule has 1 atom stereocenters. The zero-order valence-electron chi connectivity index (χ0n) is 9.94. The van der Waals surface area contributed by atoms with Crippen molar-refractivity contribution in [1.82, 2.24) is 5.32 Å². The number of primary amides is 1. The average molecular weight is 262 g/mol. The number of halogens is 2. The van der Waals surface area contributed by atoms with E-state index in [-0.39, 0.29) is 5.56 Å². The van der Waals surface area contributed by atoms with Gasteiger partial charge in [0, 0.05) is 0 Å². The standard InChI is InChI=1S/C14H12F2N2O/c15-10-7-4-8-11(16)12(10)13(18-14(17)19)9-5-2-1-3-6-9/h1-8,13H,(H3,17,18,19). The van der Waals surface area contributed by atoms with Gasteiger partial charge in [-0.1, -0.05) is 36.4 Å². The lowest BCUT2D eigenvalue weighted by molar-refractivity contribution is 0.246. The molecule has 2 aromatic carbocycles. The minimum absolute atomic E-state index is 0.229. The van der Waals surface area contributed by atoms with E-state index in [0.29, 0.717) is 5.56 Å². The first-order valence-corrected chi connectivity index (χ1v) is 5.64. The van der Waals surface area contributed by atoms with Crippen molar-refractivity contribution in [2.24, 2.45) is 5.73 Å². The fourth-order valence-electron chi connectivity index (χ4n) is 1.90. The number of nitrogens with one attached hydrogen (secondary N) is 1. The van der Waals surface area contributed by atoms with Crippen LogP contribution in [-0.4, -0.2) is 6.03 Å². The summed E-state index contributed by atoms with van der Waals surface area (Å²) >= 11 is 0. The van der Waals surface area contributed by atoms with E-state index < -0.39 is 23.7 Å². The Hall–Kier alpha value is -2.43. The Morgan fingerprint density at radius 3 is 2.11 bits per heavy atom. The van der Waals surface area contributed by atoms with Crippen LogP contribution in [-0.2, 0) is 0 Å². The first-order valence-electron chi connectivity index (χ1n) is 5.64. The maximum Gasteiger partial charge on any atom is 0.312 e. The molecular weight excluding hydrogens is 250 g/mol. The molecule has 3 nitrogen and oxygen atoms in total. The molecule has 0 aromatic heterocycles. The molecule has 0 aliphatic heterocycles. The van der Waals surface area contributed by atoms with Crippen molar-refractivity contribution >= 4 is 6.03 Å². The Bertz CT molecular complexity index is 567. The van der Waals surface area contributed by atoms with Crippen LogP contribution in [0.25, 0.3) is 0 Å². The third-order valence-corrected chi connectivity index (χ3v) is 2.71. The molecule has 5 heteroatoms. The molecule has 0 radical (unpaired) electrons. The van der Waals surface area contributed by atoms with Crippen molar-refractivity contribution in [2.45, 2.75) is 6.04 Å². The molecule has 0 heterocycles. The summed E-state index contributed by atoms with van der Waals surface area (Å²) in [6.07, 6.45) is 0. The monoisotopic (exact) mass is 262 g/mol. The summed E-state index contributed by atoms with van der Waals surface area (Å²) in [5, 5.41) is 2.35. The van der Waals surface area contributed by atoms with E-state index in [4.69, 9.17) is 5.73 Å². The summed E-state index contributed by atoms with van der Waals surface area (Å²) in [4.78, 5) is 11.0. The van der Waals surface area contributed by atoms with Crippen molar-refractivity contribution in [1.29, 1.82) is 0 Å². The molecule has 0 aliphatic carbocycles. The number of rotatable bonds is 3. The van der Waals surface area contributed by atoms with Gasteiger partial charge in [0.05, 0.1) is 11.6 Å². The SMILES string of the molecule is NC(=O)NC(c1ccccc1)c1c(F)cccc1F. The molecule has 0 aliphatic rings. The highest BCUT2D eigenvalue weighted by molar-refractivity contribution is 5.73. The highest BCUT2D eigenvalue weighted by atomic mass is 19.1. The van der Waals surface area contributed by atoms with Crippen LogP contribution in [0.5, 0.6) is 0 Å². The molecule has 19 heavy (non-hydrogen) atoms. The summed E-state index contributed by atoms with van der Waals surface area (Å²) in [6.45, 7) is 0. The maximum atomic E-state index is 13.8. The van der Waals surface area contributed by atoms with Gasteiger partial charge in [0.15, 0.2) is 0 Å². The van der Waals surface area contributed by atoms with Gasteiger partial charge >= 0.3 is 6.03 Å². The van der Waals surface area contributed by atoms with Crippen LogP contribution in [0, 0.1) is 11.6 Å². The van der Waals surface area contributed by atoms with Crippen molar-refractivity contribution in [3.8, 4) is 0 Å². The Morgan fingerprint density at radius 2 is 1.58 bits per heavy atom. The molecule has 3 N–H and O–H groups in total. The van der Waals surface area contributed by atoms with Gasteiger partial charge in [-0.2, -0.15) is 0 Å². The van der Waals surface area contributed by atoms with E-state index in [1.165, 1.54) is 6.07 Å². The first-order chi connectivity index (χ1) is 9.09. The zero-order valence-corrected chi connectivity index (χ0v) is 9.94. The molecule has 98 valence electrons. The third kappa shape index (κ3) is 2.88. The number of amides is 2. The highest BCUT2D eigenvalue weighted by Crippen LogP contribution is 2.26. The molecule has 0 spiro atoms. The number of carbonyl (C=O) groups excluding carboxylic acids is 1. The van der Waals surface area contributed by atoms with E-state index in [0.717, 1.165) is 12.1 Å². The topological polar surface area (TPSA) is 55.1 Å². The van der Waals surface area contributed by atoms with E-state index in [9.17, 15) is 13.6 Å². The number of carbonyl (C=O) groups is 1. The fourth-order valence-corrected chi connectivity index (χ4v) is 1.90. The van der Waals surface area contributed by atoms with Crippen LogP contribution >= 0.6 is 0 Å². The van der Waals surface area contributed by atoms with Gasteiger partial charge in [0.2, 0.25) is 0 Å². The van der Waals surface area contributed by atoms with E-state index >= 15 is 0 Å². The Labute approximate surface area is 109 Å². The molecule has 0 fully saturated rings. The van der Waals surface area contributed by atoms with E-state index in [2.05, 4.69) is 5.32 Å². The maximum absolute atomic E-state index is 13.8. The quantitative estimate of drug-likeness (QED) is 0.878. The van der Waals surface area contributed by atoms with Crippen LogP contribution < -0.4 is 11.1 Å². The normalized spacial score (nSPS) is 11.9. The minimum Gasteiger partial charge on any atom is -0.352 e. The van der Waals surface area contributed by atoms with Crippen molar-refractivity contribution in [3.05, 3.63) is 71.3 Å². The highest BCUT2D eigenvalue weighted by Gasteiger charge is 2.22. The van der Waals surface area contributed by atoms with Gasteiger partial charge < -0.3 is 11.1 Å². The lowest BCUT2D eigenvalue weighted by Gasteiger charge is -2.19. The molecule has 0 saturated carbocycles. The number of nitrogens with two attached hydrogens (primary N) is 1. The van der Waals surface area contributed by atoms with Gasteiger partial charge in [-0.05, 0) is 17.7 Å². The van der Waals surface area contributed by atoms with Gasteiger partial charge in [-0.3, -0.25) is 0 Å². The third-order valence-electron chi connectivity index (χ3n) is 2.71. The summed E-state index contributed by atoms with van der Waals surface area (Å²) in [7, 11) is 0. The van der Waals surface area contributed by atoms with Crippen LogP contribution in [0.2, 0.25) is 0 Å². The number of urea groups is 1. The second-order valence-corrected chi connectivity index (χ2v) is 3.99. The van der Waals surface area contributed by atoms with E-state index in [1.54, 1.807) is 30.3 Å². The first kappa shape index (κ1) is 13.0. The Balaban J connectivity index is 2.52. The molecule has 2 amide bonds. The smallest absolute Gasteiger partial charge is 0.312 e. The lowest BCUT2D eigenvalue weighted by atomic mass is 9.98. The van der Waals surface area contributed by atoms with E-state index in [1.807, 2.05) is 0 Å². The molecule has 2 rings (SSSR count). The van der Waals surface area contributed by atoms with Gasteiger partial charge in [0.25, 0.3) is 0 Å². The number of hydrogen-bond acceptors (Lipinski definition) is 1. The lowest BCUT2D eigenvalue weighted by Crippen LogP contribution is -2.34. The largest absolute Gasteiger partial charge is 0.352 e. The van der Waals surface area contributed by atoms with Crippen LogP contribution in [0.4, 0.5) is 13.6 Å². The molecule has 0 saturated heterocycles. The van der Waals surface area contributed by atoms with Crippen LogP contribution in [0.1, 0.15) is 17.2 Å². The summed E-state index contributed by atoms with van der Waals surface area (Å²) in [5.74, 6) is -1.47. The molecule has 0 bridgehead atoms. The van der Waals surface area contributed by atoms with Gasteiger partial charge in [-0.15, -0.1) is 0 Å². The second kappa shape index (κ2) is 5.48. The average Bonchev–Trinajstić information content (AvgIpc) is 2.38. The van der Waals surface area contributed by atoms with Crippen molar-refractivity contribution < 1.29 is 13.6 Å². The predicted molar refractivity (Wildman–Crippen MR) is 67.4 cm³/mol. The van der Waals surface area contributed by atoms with Crippen molar-refractivity contribution in [2.75, 3.05) is 0 Å². The van der Waals surface area contributed by atoms with Gasteiger partial charge in [-0.25, -0.2) is 13.6 Å². The fraction of sp³-hybridized carbons (Fsp3) is 0.0714. The number of hydrogen-bond donors (Lipinski definition) is 2.